The summed E-state index contributed by atoms with van der Waals surface area (Å²) in [6.07, 6.45) is -3.10. The van der Waals surface area contributed by atoms with Gasteiger partial charge >= 0.3 is 24.3 Å². The van der Waals surface area contributed by atoms with Crippen molar-refractivity contribution in [2.24, 2.45) is 12.5 Å². The van der Waals surface area contributed by atoms with Gasteiger partial charge in [-0.25, -0.2) is 14.6 Å². The minimum Gasteiger partial charge on any atom is -0.475 e. The lowest BCUT2D eigenvalue weighted by Crippen LogP contribution is -2.47. The maximum Gasteiger partial charge on any atom is 0.490 e. The molecule has 1 amide bonds. The average molecular weight is 588 g/mol. The number of aliphatic carboxylic acids is 2. The Morgan fingerprint density at radius 3 is 2.10 bits per heavy atom. The summed E-state index contributed by atoms with van der Waals surface area (Å²) in [5.41, 5.74) is 2.06. The van der Waals surface area contributed by atoms with E-state index in [9.17, 15) is 31.1 Å². The van der Waals surface area contributed by atoms with E-state index in [2.05, 4.69) is 26.6 Å². The summed E-state index contributed by atoms with van der Waals surface area (Å²) in [5.74, 6) is -5.19. The molecule has 2 aromatic heterocycles. The third-order valence-corrected chi connectivity index (χ3v) is 6.75. The molecule has 2 N–H and O–H groups in total. The minimum atomic E-state index is -5.08. The first-order valence-corrected chi connectivity index (χ1v) is 12.3. The van der Waals surface area contributed by atoms with E-state index < -0.39 is 24.3 Å². The molecule has 2 saturated heterocycles. The first-order chi connectivity index (χ1) is 17.9. The van der Waals surface area contributed by atoms with Gasteiger partial charge in [0.2, 0.25) is 5.91 Å². The summed E-state index contributed by atoms with van der Waals surface area (Å²) in [6.45, 7) is 6.35. The summed E-state index contributed by atoms with van der Waals surface area (Å²) in [6, 6.07) is 0. The second-order valence-corrected chi connectivity index (χ2v) is 10.1. The van der Waals surface area contributed by atoms with Crippen molar-refractivity contribution in [2.45, 2.75) is 51.6 Å². The van der Waals surface area contributed by atoms with E-state index in [0.717, 1.165) is 56.1 Å². The molecular weight excluding hydrogens is 560 g/mol. The molecule has 1 atom stereocenters. The SMILES string of the molecule is Cc1nc(CN2CCC3(CCCN(Cc4cnn(C)c4)C3)C2=O)cs1.O=C(O)C(F)(F)F.O=C(O)C(F)(F)F. The number of nitrogens with zero attached hydrogens (tertiary/aromatic N) is 5. The van der Waals surface area contributed by atoms with Crippen molar-refractivity contribution in [3.8, 4) is 0 Å². The van der Waals surface area contributed by atoms with Crippen LogP contribution in [0.4, 0.5) is 26.3 Å². The van der Waals surface area contributed by atoms with Crippen LogP contribution in [0.15, 0.2) is 17.8 Å². The van der Waals surface area contributed by atoms with Gasteiger partial charge in [-0.2, -0.15) is 31.4 Å². The van der Waals surface area contributed by atoms with Crippen molar-refractivity contribution in [2.75, 3.05) is 19.6 Å². The number of amides is 1. The average Bonchev–Trinajstić information content (AvgIpc) is 3.50. The molecule has 4 rings (SSSR count). The Morgan fingerprint density at radius 1 is 1.05 bits per heavy atom. The second-order valence-electron chi connectivity index (χ2n) is 9.06. The molecule has 2 aliphatic heterocycles. The molecule has 0 saturated carbocycles. The fourth-order valence-corrected chi connectivity index (χ4v) is 4.88. The second kappa shape index (κ2) is 12.8. The van der Waals surface area contributed by atoms with Gasteiger partial charge in [0.05, 0.1) is 28.9 Å². The first-order valence-electron chi connectivity index (χ1n) is 11.4. The van der Waals surface area contributed by atoms with Gasteiger partial charge in [-0.1, -0.05) is 0 Å². The molecular formula is C22H27F6N5O5S. The Kier molecular flexibility index (Phi) is 10.5. The van der Waals surface area contributed by atoms with Crippen LogP contribution in [-0.2, 0) is 34.5 Å². The zero-order valence-electron chi connectivity index (χ0n) is 20.9. The molecule has 0 bridgehead atoms. The molecule has 1 spiro atoms. The van der Waals surface area contributed by atoms with Crippen LogP contribution in [0, 0.1) is 12.3 Å². The summed E-state index contributed by atoms with van der Waals surface area (Å²) < 4.78 is 65.3. The van der Waals surface area contributed by atoms with Gasteiger partial charge in [0, 0.05) is 43.8 Å². The van der Waals surface area contributed by atoms with Gasteiger partial charge in [0.25, 0.3) is 0 Å². The third-order valence-electron chi connectivity index (χ3n) is 5.93. The quantitative estimate of drug-likeness (QED) is 0.521. The fraction of sp³-hybridized carbons (Fsp3) is 0.591. The number of carbonyl (C=O) groups is 3. The van der Waals surface area contributed by atoms with Gasteiger partial charge in [-0.05, 0) is 32.7 Å². The molecule has 218 valence electrons. The van der Waals surface area contributed by atoms with E-state index >= 15 is 0 Å². The highest BCUT2D eigenvalue weighted by Gasteiger charge is 2.48. The Bertz CT molecular complexity index is 1130. The van der Waals surface area contributed by atoms with Gasteiger partial charge in [0.15, 0.2) is 0 Å². The molecule has 17 heteroatoms. The molecule has 2 fully saturated rings. The van der Waals surface area contributed by atoms with Gasteiger partial charge in [-0.15, -0.1) is 11.3 Å². The zero-order valence-corrected chi connectivity index (χ0v) is 21.7. The zero-order chi connectivity index (χ0) is 29.6. The van der Waals surface area contributed by atoms with Gasteiger partial charge in [-0.3, -0.25) is 14.4 Å². The Balaban J connectivity index is 0.000000317. The van der Waals surface area contributed by atoms with Crippen molar-refractivity contribution in [3.63, 3.8) is 0 Å². The van der Waals surface area contributed by atoms with Crippen LogP contribution in [-0.4, -0.2) is 84.6 Å². The van der Waals surface area contributed by atoms with Crippen LogP contribution >= 0.6 is 11.3 Å². The lowest BCUT2D eigenvalue weighted by molar-refractivity contribution is -0.193. The van der Waals surface area contributed by atoms with Crippen LogP contribution in [0.2, 0.25) is 0 Å². The number of alkyl halides is 6. The van der Waals surface area contributed by atoms with E-state index in [0.29, 0.717) is 12.5 Å². The van der Waals surface area contributed by atoms with Crippen molar-refractivity contribution in [1.82, 2.24) is 24.6 Å². The predicted octanol–water partition coefficient (Wildman–Crippen LogP) is 3.47. The number of carbonyl (C=O) groups excluding carboxylic acids is 1. The molecule has 10 nitrogen and oxygen atoms in total. The van der Waals surface area contributed by atoms with Crippen molar-refractivity contribution in [1.29, 1.82) is 0 Å². The number of rotatable bonds is 4. The molecule has 39 heavy (non-hydrogen) atoms. The standard InChI is InChI=1S/C18H25N5OS.2C2HF3O2/c1-14-20-16(12-25-14)11-23-7-5-18(17(23)24)4-3-6-22(13-18)10-15-8-19-21(2)9-15;2*3-2(4,5)1(6)7/h8-9,12H,3-7,10-11,13H2,1-2H3;2*(H,6,7). The number of likely N-dealkylation sites (tertiary alicyclic amines) is 2. The van der Waals surface area contributed by atoms with Gasteiger partial charge in [0.1, 0.15) is 0 Å². The van der Waals surface area contributed by atoms with E-state index in [1.807, 2.05) is 29.7 Å². The van der Waals surface area contributed by atoms with E-state index in [4.69, 9.17) is 19.8 Å². The largest absolute Gasteiger partial charge is 0.490 e. The number of carboxylic acids is 2. The lowest BCUT2D eigenvalue weighted by atomic mass is 9.78. The summed E-state index contributed by atoms with van der Waals surface area (Å²) in [5, 5.41) is 21.6. The summed E-state index contributed by atoms with van der Waals surface area (Å²) in [7, 11) is 1.94. The van der Waals surface area contributed by atoms with Crippen LogP contribution < -0.4 is 0 Å². The Hall–Kier alpha value is -3.21. The maximum absolute atomic E-state index is 13.2. The number of piperidine rings is 1. The van der Waals surface area contributed by atoms with Crippen molar-refractivity contribution in [3.05, 3.63) is 34.0 Å². The number of aryl methyl sites for hydroxylation is 2. The summed E-state index contributed by atoms with van der Waals surface area (Å²) >= 11 is 1.65. The molecule has 0 aromatic carbocycles. The first kappa shape index (κ1) is 32.0. The van der Waals surface area contributed by atoms with E-state index in [-0.39, 0.29) is 5.41 Å². The number of hydrogen-bond donors (Lipinski definition) is 2. The van der Waals surface area contributed by atoms with E-state index in [1.54, 1.807) is 11.3 Å². The highest BCUT2D eigenvalue weighted by Crippen LogP contribution is 2.41. The molecule has 2 aliphatic rings. The van der Waals surface area contributed by atoms with Crippen LogP contribution in [0.1, 0.15) is 35.5 Å². The number of thiazole rings is 1. The Labute approximate surface area is 222 Å². The summed E-state index contributed by atoms with van der Waals surface area (Å²) in [4.78, 5) is 39.9. The number of hydrogen-bond acceptors (Lipinski definition) is 7. The van der Waals surface area contributed by atoms with Crippen molar-refractivity contribution < 1.29 is 50.9 Å². The van der Waals surface area contributed by atoms with E-state index in [1.165, 1.54) is 5.56 Å². The topological polar surface area (TPSA) is 129 Å². The van der Waals surface area contributed by atoms with Crippen LogP contribution in [0.5, 0.6) is 0 Å². The monoisotopic (exact) mass is 587 g/mol. The molecule has 0 aliphatic carbocycles. The molecule has 2 aromatic rings. The highest BCUT2D eigenvalue weighted by atomic mass is 32.1. The Morgan fingerprint density at radius 2 is 1.64 bits per heavy atom. The normalized spacial score (nSPS) is 19.8. The predicted molar refractivity (Wildman–Crippen MR) is 124 cm³/mol. The smallest absolute Gasteiger partial charge is 0.475 e. The van der Waals surface area contributed by atoms with Gasteiger partial charge < -0.3 is 15.1 Å². The van der Waals surface area contributed by atoms with Crippen molar-refractivity contribution >= 4 is 29.2 Å². The maximum atomic E-state index is 13.2. The minimum absolute atomic E-state index is 0.189. The third kappa shape index (κ3) is 9.49. The lowest BCUT2D eigenvalue weighted by Gasteiger charge is -2.38. The molecule has 4 heterocycles. The van der Waals surface area contributed by atoms with Crippen LogP contribution in [0.3, 0.4) is 0 Å². The fourth-order valence-electron chi connectivity index (χ4n) is 4.27. The highest BCUT2D eigenvalue weighted by molar-refractivity contribution is 7.09. The number of aromatic nitrogens is 3. The molecule has 0 radical (unpaired) electrons. The number of carboxylic acid groups (broad SMARTS) is 2. The number of halogens is 6. The molecule has 1 unspecified atom stereocenters. The van der Waals surface area contributed by atoms with Crippen LogP contribution in [0.25, 0.3) is 0 Å².